The summed E-state index contributed by atoms with van der Waals surface area (Å²) >= 11 is 6.46. The van der Waals surface area contributed by atoms with Crippen molar-refractivity contribution in [2.75, 3.05) is 10.6 Å². The minimum absolute atomic E-state index is 0.0460. The van der Waals surface area contributed by atoms with Crippen LogP contribution in [0.25, 0.3) is 0 Å². The molecule has 13 heteroatoms. The van der Waals surface area contributed by atoms with Crippen LogP contribution in [0, 0.1) is 20.2 Å². The molecule has 1 atom stereocenters. The standard InChI is InChI=1S/C21H14ClN5O7/c22-13-8-10(19(23)28)4-6-12(13)21(18-16(26(31)32)2-1-3-17(18)27(33)34)24-14-7-5-11(20(29)30)9-15(14)25-21/h1-9,24-25H,(H2,23,28)(H,29,30). The number of rotatable bonds is 6. The Morgan fingerprint density at radius 1 is 0.912 bits per heavy atom. The second kappa shape index (κ2) is 8.01. The molecule has 0 aromatic heterocycles. The number of halogens is 1. The lowest BCUT2D eigenvalue weighted by molar-refractivity contribution is -0.396. The van der Waals surface area contributed by atoms with Crippen molar-refractivity contribution in [2.24, 2.45) is 5.73 Å². The molecule has 1 aliphatic rings. The maximum atomic E-state index is 11.9. The van der Waals surface area contributed by atoms with Gasteiger partial charge in [-0.2, -0.15) is 0 Å². The number of amides is 1. The van der Waals surface area contributed by atoms with Crippen molar-refractivity contribution >= 4 is 46.2 Å². The topological polar surface area (TPSA) is 191 Å². The fourth-order valence-corrected chi connectivity index (χ4v) is 4.23. The molecule has 0 spiro atoms. The molecule has 4 rings (SSSR count). The molecular weight excluding hydrogens is 470 g/mol. The summed E-state index contributed by atoms with van der Waals surface area (Å²) in [5, 5.41) is 39.1. The third kappa shape index (κ3) is 3.51. The van der Waals surface area contributed by atoms with Crippen LogP contribution in [-0.4, -0.2) is 26.8 Å². The Morgan fingerprint density at radius 2 is 1.50 bits per heavy atom. The van der Waals surface area contributed by atoms with E-state index in [-0.39, 0.29) is 33.0 Å². The number of benzene rings is 3. The molecule has 1 amide bonds. The van der Waals surface area contributed by atoms with Gasteiger partial charge in [0.25, 0.3) is 11.4 Å². The Hall–Kier alpha value is -4.71. The summed E-state index contributed by atoms with van der Waals surface area (Å²) in [5.41, 5.74) is 2.47. The lowest BCUT2D eigenvalue weighted by atomic mass is 9.88. The van der Waals surface area contributed by atoms with Gasteiger partial charge < -0.3 is 21.5 Å². The van der Waals surface area contributed by atoms with Crippen LogP contribution in [0.15, 0.2) is 54.6 Å². The third-order valence-electron chi connectivity index (χ3n) is 5.36. The van der Waals surface area contributed by atoms with E-state index < -0.39 is 38.8 Å². The number of nitro groups is 2. The number of carbonyl (C=O) groups is 2. The predicted molar refractivity (Wildman–Crippen MR) is 121 cm³/mol. The molecular formula is C21H14ClN5O7. The maximum absolute atomic E-state index is 11.9. The van der Waals surface area contributed by atoms with E-state index in [1.165, 1.54) is 42.5 Å². The highest BCUT2D eigenvalue weighted by Crippen LogP contribution is 2.50. The van der Waals surface area contributed by atoms with Crippen molar-refractivity contribution in [1.82, 2.24) is 0 Å². The maximum Gasteiger partial charge on any atom is 0.335 e. The number of aromatic carboxylic acids is 1. The van der Waals surface area contributed by atoms with Crippen LogP contribution in [0.5, 0.6) is 0 Å². The minimum atomic E-state index is -1.88. The average Bonchev–Trinajstić information content (AvgIpc) is 3.17. The Bertz CT molecular complexity index is 1380. The largest absolute Gasteiger partial charge is 0.478 e. The summed E-state index contributed by atoms with van der Waals surface area (Å²) < 4.78 is 0. The average molecular weight is 484 g/mol. The van der Waals surface area contributed by atoms with Crippen LogP contribution in [0.4, 0.5) is 22.7 Å². The molecule has 5 N–H and O–H groups in total. The number of primary amides is 1. The van der Waals surface area contributed by atoms with Crippen molar-refractivity contribution in [3.63, 3.8) is 0 Å². The van der Waals surface area contributed by atoms with Gasteiger partial charge in [-0.15, -0.1) is 0 Å². The molecule has 0 bridgehead atoms. The number of hydrogen-bond acceptors (Lipinski definition) is 8. The molecule has 1 unspecified atom stereocenters. The van der Waals surface area contributed by atoms with Gasteiger partial charge in [0.05, 0.1) is 26.8 Å². The van der Waals surface area contributed by atoms with E-state index in [4.69, 9.17) is 17.3 Å². The molecule has 0 radical (unpaired) electrons. The van der Waals surface area contributed by atoms with E-state index in [0.717, 1.165) is 12.1 Å². The van der Waals surface area contributed by atoms with Crippen LogP contribution in [-0.2, 0) is 5.66 Å². The number of nitrogens with one attached hydrogen (secondary N) is 2. The van der Waals surface area contributed by atoms with E-state index in [9.17, 15) is 34.9 Å². The number of anilines is 2. The quantitative estimate of drug-likeness (QED) is 0.299. The molecule has 0 aliphatic carbocycles. The van der Waals surface area contributed by atoms with E-state index in [0.29, 0.717) is 5.69 Å². The number of nitrogens with zero attached hydrogens (tertiary/aromatic N) is 2. The van der Waals surface area contributed by atoms with Gasteiger partial charge in [0.15, 0.2) is 11.2 Å². The summed E-state index contributed by atoms with van der Waals surface area (Å²) in [5.74, 6) is -2.00. The first-order valence-corrected chi connectivity index (χ1v) is 9.89. The number of fused-ring (bicyclic) bond motifs is 1. The molecule has 0 saturated heterocycles. The second-order valence-corrected chi connectivity index (χ2v) is 7.72. The minimum Gasteiger partial charge on any atom is -0.478 e. The normalized spacial score (nSPS) is 16.1. The zero-order valence-electron chi connectivity index (χ0n) is 16.9. The summed E-state index contributed by atoms with van der Waals surface area (Å²) in [6, 6.07) is 11.3. The highest BCUT2D eigenvalue weighted by molar-refractivity contribution is 6.32. The molecule has 172 valence electrons. The fraction of sp³-hybridized carbons (Fsp3) is 0.0476. The van der Waals surface area contributed by atoms with Crippen LogP contribution in [0.2, 0.25) is 5.02 Å². The van der Waals surface area contributed by atoms with Crippen LogP contribution < -0.4 is 16.4 Å². The van der Waals surface area contributed by atoms with E-state index in [2.05, 4.69) is 10.6 Å². The Balaban J connectivity index is 2.07. The van der Waals surface area contributed by atoms with Gasteiger partial charge >= 0.3 is 5.97 Å². The van der Waals surface area contributed by atoms with Crippen molar-refractivity contribution in [2.45, 2.75) is 5.66 Å². The first-order chi connectivity index (χ1) is 16.0. The number of nitrogens with two attached hydrogens (primary N) is 1. The molecule has 12 nitrogen and oxygen atoms in total. The third-order valence-corrected chi connectivity index (χ3v) is 5.67. The number of hydrogen-bond donors (Lipinski definition) is 4. The van der Waals surface area contributed by atoms with Gasteiger partial charge in [-0.05, 0) is 36.4 Å². The molecule has 0 fully saturated rings. The van der Waals surface area contributed by atoms with Crippen LogP contribution in [0.3, 0.4) is 0 Å². The second-order valence-electron chi connectivity index (χ2n) is 7.31. The lowest BCUT2D eigenvalue weighted by Gasteiger charge is -2.32. The van der Waals surface area contributed by atoms with Crippen LogP contribution in [0.1, 0.15) is 31.8 Å². The van der Waals surface area contributed by atoms with E-state index >= 15 is 0 Å². The lowest BCUT2D eigenvalue weighted by Crippen LogP contribution is -2.41. The van der Waals surface area contributed by atoms with Crippen LogP contribution >= 0.6 is 11.6 Å². The number of carboxylic acid groups (broad SMARTS) is 1. The fourth-order valence-electron chi connectivity index (χ4n) is 3.91. The predicted octanol–water partition coefficient (Wildman–Crippen LogP) is 3.69. The van der Waals surface area contributed by atoms with E-state index in [1.807, 2.05) is 0 Å². The molecule has 0 saturated carbocycles. The summed E-state index contributed by atoms with van der Waals surface area (Å²) in [7, 11) is 0. The zero-order chi connectivity index (χ0) is 24.8. The van der Waals surface area contributed by atoms with Crippen molar-refractivity contribution in [3.05, 3.63) is 102 Å². The Kier molecular flexibility index (Phi) is 5.30. The number of carbonyl (C=O) groups excluding carboxylic acids is 1. The number of carboxylic acids is 1. The smallest absolute Gasteiger partial charge is 0.335 e. The van der Waals surface area contributed by atoms with Gasteiger partial charge in [-0.1, -0.05) is 17.7 Å². The molecule has 1 heterocycles. The van der Waals surface area contributed by atoms with Crippen molar-refractivity contribution in [3.8, 4) is 0 Å². The summed E-state index contributed by atoms with van der Waals surface area (Å²) in [4.78, 5) is 45.4. The van der Waals surface area contributed by atoms with E-state index in [1.54, 1.807) is 0 Å². The molecule has 3 aromatic rings. The van der Waals surface area contributed by atoms with Crippen molar-refractivity contribution < 1.29 is 24.5 Å². The van der Waals surface area contributed by atoms with Gasteiger partial charge in [0.1, 0.15) is 0 Å². The molecule has 34 heavy (non-hydrogen) atoms. The van der Waals surface area contributed by atoms with Gasteiger partial charge in [-0.3, -0.25) is 25.0 Å². The SMILES string of the molecule is NC(=O)c1ccc(C2(c3c([N+](=O)[O-])cccc3[N+](=O)[O-])Nc3ccc(C(=O)O)cc3N2)c(Cl)c1. The first kappa shape index (κ1) is 22.5. The highest BCUT2D eigenvalue weighted by Gasteiger charge is 2.50. The Morgan fingerprint density at radius 3 is 2.03 bits per heavy atom. The molecule has 1 aliphatic heterocycles. The van der Waals surface area contributed by atoms with Gasteiger partial charge in [-0.25, -0.2) is 4.79 Å². The van der Waals surface area contributed by atoms with Crippen molar-refractivity contribution in [1.29, 1.82) is 0 Å². The highest BCUT2D eigenvalue weighted by atomic mass is 35.5. The van der Waals surface area contributed by atoms with Gasteiger partial charge in [0.2, 0.25) is 5.91 Å². The monoisotopic (exact) mass is 483 g/mol. The Labute approximate surface area is 195 Å². The molecule has 3 aromatic carbocycles. The first-order valence-electron chi connectivity index (χ1n) is 9.51. The van der Waals surface area contributed by atoms with Gasteiger partial charge in [0, 0.05) is 28.3 Å². The number of nitro benzene ring substituents is 2. The summed E-state index contributed by atoms with van der Waals surface area (Å²) in [6.07, 6.45) is 0. The zero-order valence-corrected chi connectivity index (χ0v) is 17.7. The summed E-state index contributed by atoms with van der Waals surface area (Å²) in [6.45, 7) is 0.